The number of fused-ring (bicyclic) bond motifs is 1. The lowest BCUT2D eigenvalue weighted by atomic mass is 9.82. The van der Waals surface area contributed by atoms with Crippen molar-refractivity contribution in [2.75, 3.05) is 32.1 Å². The Morgan fingerprint density at radius 2 is 1.93 bits per heavy atom. The monoisotopic (exact) mass is 512 g/mol. The van der Waals surface area contributed by atoms with Crippen LogP contribution in [-0.2, 0) is 16.1 Å². The topological polar surface area (TPSA) is 66.0 Å². The van der Waals surface area contributed by atoms with E-state index < -0.39 is 0 Å². The summed E-state index contributed by atoms with van der Waals surface area (Å²) in [7, 11) is 1.86. The molecule has 3 fully saturated rings. The molecule has 1 amide bonds. The number of aliphatic imine (C=N–C) groups is 1. The number of rotatable bonds is 4. The number of anilines is 1. The molecular weight excluding hydrogens is 479 g/mol. The molecule has 1 aromatic carbocycles. The average molecular weight is 512 g/mol. The van der Waals surface area contributed by atoms with E-state index in [9.17, 15) is 4.79 Å². The summed E-state index contributed by atoms with van der Waals surface area (Å²) in [5.74, 6) is 2.62. The Kier molecular flexibility index (Phi) is 8.17. The molecule has 2 aliphatic heterocycles. The Labute approximate surface area is 190 Å². The average Bonchev–Trinajstić information content (AvgIpc) is 3.39. The third kappa shape index (κ3) is 5.63. The highest BCUT2D eigenvalue weighted by Gasteiger charge is 2.35. The first kappa shape index (κ1) is 22.3. The maximum Gasteiger partial charge on any atom is 0.253 e. The highest BCUT2D eigenvalue weighted by atomic mass is 127. The number of ether oxygens (including phenoxy) is 1. The minimum atomic E-state index is -0.306. The van der Waals surface area contributed by atoms with Crippen molar-refractivity contribution < 1.29 is 9.53 Å². The number of guanidine groups is 1. The van der Waals surface area contributed by atoms with Crippen LogP contribution in [0.15, 0.2) is 29.3 Å². The van der Waals surface area contributed by atoms with Crippen molar-refractivity contribution in [2.24, 2.45) is 16.8 Å². The first-order chi connectivity index (χ1) is 13.7. The van der Waals surface area contributed by atoms with Gasteiger partial charge in [0.25, 0.3) is 5.91 Å². The zero-order chi connectivity index (χ0) is 19.3. The van der Waals surface area contributed by atoms with Crippen molar-refractivity contribution in [1.29, 1.82) is 0 Å². The van der Waals surface area contributed by atoms with E-state index in [0.29, 0.717) is 13.2 Å². The molecule has 0 spiro atoms. The number of halogens is 1. The van der Waals surface area contributed by atoms with Gasteiger partial charge in [-0.25, -0.2) is 0 Å². The summed E-state index contributed by atoms with van der Waals surface area (Å²) in [5, 5.41) is 6.49. The highest BCUT2D eigenvalue weighted by Crippen LogP contribution is 2.35. The third-order valence-corrected chi connectivity index (χ3v) is 6.35. The zero-order valence-electron chi connectivity index (χ0n) is 17.2. The van der Waals surface area contributed by atoms with Crippen LogP contribution in [0.25, 0.3) is 0 Å². The lowest BCUT2D eigenvalue weighted by molar-refractivity contribution is -0.124. The first-order valence-corrected chi connectivity index (χ1v) is 10.7. The van der Waals surface area contributed by atoms with Crippen LogP contribution in [0.1, 0.15) is 44.1 Å². The smallest absolute Gasteiger partial charge is 0.253 e. The lowest BCUT2D eigenvalue weighted by Crippen LogP contribution is -2.39. The number of hydrogen-bond acceptors (Lipinski definition) is 3. The minimum Gasteiger partial charge on any atom is -0.368 e. The molecule has 1 aromatic rings. The standard InChI is InChI=1S/C22H32N4O2.HI/c1-23-22(26-14-17-7-2-3-8-18(17)15-26)24-13-16-6-4-9-19(12-16)25-21(27)20-10-5-11-28-20;/h4,6,9,12,17-18,20H,2-3,5,7-8,10-11,13-15H2,1H3,(H,23,24)(H,25,27);1H. The Morgan fingerprint density at radius 3 is 2.59 bits per heavy atom. The molecule has 4 rings (SSSR count). The SMILES string of the molecule is CN=C(NCc1cccc(NC(=O)C2CCCO2)c1)N1CC2CCCCC2C1.I. The minimum absolute atomic E-state index is 0. The maximum absolute atomic E-state index is 12.3. The van der Waals surface area contributed by atoms with Gasteiger partial charge in [-0.2, -0.15) is 0 Å². The second-order valence-corrected chi connectivity index (χ2v) is 8.30. The Hall–Kier alpha value is -1.35. The second kappa shape index (κ2) is 10.6. The van der Waals surface area contributed by atoms with Crippen molar-refractivity contribution >= 4 is 41.5 Å². The van der Waals surface area contributed by atoms with Crippen LogP contribution in [0.5, 0.6) is 0 Å². The molecule has 6 nitrogen and oxygen atoms in total. The Morgan fingerprint density at radius 1 is 1.17 bits per heavy atom. The molecule has 3 atom stereocenters. The van der Waals surface area contributed by atoms with Gasteiger partial charge < -0.3 is 20.3 Å². The lowest BCUT2D eigenvalue weighted by Gasteiger charge is -2.22. The summed E-state index contributed by atoms with van der Waals surface area (Å²) < 4.78 is 5.46. The van der Waals surface area contributed by atoms with Gasteiger partial charge in [0, 0.05) is 39.0 Å². The van der Waals surface area contributed by atoms with Gasteiger partial charge in [-0.3, -0.25) is 9.79 Å². The van der Waals surface area contributed by atoms with Gasteiger partial charge in [0.2, 0.25) is 0 Å². The summed E-state index contributed by atoms with van der Waals surface area (Å²) in [6.07, 6.45) is 6.95. The quantitative estimate of drug-likeness (QED) is 0.368. The summed E-state index contributed by atoms with van der Waals surface area (Å²) >= 11 is 0. The zero-order valence-corrected chi connectivity index (χ0v) is 19.6. The molecule has 0 radical (unpaired) electrons. The van der Waals surface area contributed by atoms with Crippen molar-refractivity contribution in [3.8, 4) is 0 Å². The van der Waals surface area contributed by atoms with E-state index in [1.807, 2.05) is 25.2 Å². The first-order valence-electron chi connectivity index (χ1n) is 10.7. The molecule has 2 heterocycles. The fraction of sp³-hybridized carbons (Fsp3) is 0.636. The molecule has 1 saturated carbocycles. The van der Waals surface area contributed by atoms with Crippen LogP contribution in [0.4, 0.5) is 5.69 Å². The van der Waals surface area contributed by atoms with E-state index in [0.717, 1.165) is 55.0 Å². The van der Waals surface area contributed by atoms with Crippen molar-refractivity contribution in [3.05, 3.63) is 29.8 Å². The number of carbonyl (C=O) groups is 1. The second-order valence-electron chi connectivity index (χ2n) is 8.30. The van der Waals surface area contributed by atoms with Crippen molar-refractivity contribution in [1.82, 2.24) is 10.2 Å². The number of amides is 1. The molecule has 2 N–H and O–H groups in total. The summed E-state index contributed by atoms with van der Waals surface area (Å²) in [5.41, 5.74) is 1.95. The van der Waals surface area contributed by atoms with Gasteiger partial charge in [-0.15, -0.1) is 24.0 Å². The molecular formula is C22H33IN4O2. The highest BCUT2D eigenvalue weighted by molar-refractivity contribution is 14.0. The molecule has 3 aliphatic rings. The van der Waals surface area contributed by atoms with E-state index >= 15 is 0 Å². The van der Waals surface area contributed by atoms with Crippen LogP contribution in [0, 0.1) is 11.8 Å². The predicted octanol–water partition coefficient (Wildman–Crippen LogP) is 3.62. The third-order valence-electron chi connectivity index (χ3n) is 6.35. The Bertz CT molecular complexity index is 707. The molecule has 7 heteroatoms. The van der Waals surface area contributed by atoms with Gasteiger partial charge in [0.1, 0.15) is 6.10 Å². The van der Waals surface area contributed by atoms with Crippen molar-refractivity contribution in [3.63, 3.8) is 0 Å². The number of benzene rings is 1. The number of nitrogens with one attached hydrogen (secondary N) is 2. The van der Waals surface area contributed by atoms with Crippen molar-refractivity contribution in [2.45, 2.75) is 51.2 Å². The fourth-order valence-electron chi connectivity index (χ4n) is 4.86. The van der Waals surface area contributed by atoms with Gasteiger partial charge >= 0.3 is 0 Å². The fourth-order valence-corrected chi connectivity index (χ4v) is 4.86. The number of hydrogen-bond donors (Lipinski definition) is 2. The summed E-state index contributed by atoms with van der Waals surface area (Å²) in [4.78, 5) is 19.2. The van der Waals surface area contributed by atoms with Crippen LogP contribution >= 0.6 is 24.0 Å². The molecule has 1 aliphatic carbocycles. The molecule has 3 unspecified atom stereocenters. The molecule has 0 aromatic heterocycles. The van der Waals surface area contributed by atoms with Crippen LogP contribution in [0.2, 0.25) is 0 Å². The van der Waals surface area contributed by atoms with Crippen LogP contribution < -0.4 is 10.6 Å². The van der Waals surface area contributed by atoms with Gasteiger partial charge in [0.05, 0.1) is 0 Å². The van der Waals surface area contributed by atoms with Gasteiger partial charge in [-0.05, 0) is 55.2 Å². The van der Waals surface area contributed by atoms with Crippen LogP contribution in [-0.4, -0.2) is 49.6 Å². The van der Waals surface area contributed by atoms with Crippen LogP contribution in [0.3, 0.4) is 0 Å². The summed E-state index contributed by atoms with van der Waals surface area (Å²) in [6, 6.07) is 8.01. The van der Waals surface area contributed by atoms with E-state index in [1.54, 1.807) is 0 Å². The predicted molar refractivity (Wildman–Crippen MR) is 127 cm³/mol. The molecule has 160 valence electrons. The van der Waals surface area contributed by atoms with Gasteiger partial charge in [0.15, 0.2) is 5.96 Å². The summed E-state index contributed by atoms with van der Waals surface area (Å²) in [6.45, 7) is 3.63. The number of carbonyl (C=O) groups excluding carboxylic acids is 1. The van der Waals surface area contributed by atoms with E-state index in [1.165, 1.54) is 25.7 Å². The maximum atomic E-state index is 12.3. The van der Waals surface area contributed by atoms with E-state index in [-0.39, 0.29) is 36.0 Å². The number of likely N-dealkylation sites (tertiary alicyclic amines) is 1. The largest absolute Gasteiger partial charge is 0.368 e. The van der Waals surface area contributed by atoms with E-state index in [2.05, 4.69) is 26.6 Å². The Balaban J connectivity index is 0.00000240. The normalized spacial score (nSPS) is 26.6. The molecule has 2 saturated heterocycles. The molecule has 29 heavy (non-hydrogen) atoms. The number of nitrogens with zero attached hydrogens (tertiary/aromatic N) is 2. The molecule has 0 bridgehead atoms. The van der Waals surface area contributed by atoms with Gasteiger partial charge in [-0.1, -0.05) is 25.0 Å². The van der Waals surface area contributed by atoms with E-state index in [4.69, 9.17) is 4.74 Å².